The van der Waals surface area contributed by atoms with E-state index in [4.69, 9.17) is 0 Å². The van der Waals surface area contributed by atoms with E-state index in [2.05, 4.69) is 19.9 Å². The zero-order chi connectivity index (χ0) is 6.95. The monoisotopic (exact) mass is 225 g/mol. The van der Waals surface area contributed by atoms with Crippen LogP contribution < -0.4 is 0 Å². The van der Waals surface area contributed by atoms with Crippen LogP contribution in [0.1, 0.15) is 20.3 Å². The second kappa shape index (κ2) is 16.7. The fourth-order valence-corrected chi connectivity index (χ4v) is 0.342. The summed E-state index contributed by atoms with van der Waals surface area (Å²) in [6.07, 6.45) is 1.25. The minimum atomic E-state index is 0. The van der Waals surface area contributed by atoms with Gasteiger partial charge in [-0.2, -0.15) is 36.4 Å². The third kappa shape index (κ3) is 17.9. The first kappa shape index (κ1) is 17.4. The molecule has 0 N–H and O–H groups in total. The Morgan fingerprint density at radius 3 is 1.45 bits per heavy atom. The first-order valence-corrected chi connectivity index (χ1v) is 3.32. The van der Waals surface area contributed by atoms with Gasteiger partial charge in [0, 0.05) is 32.7 Å². The van der Waals surface area contributed by atoms with Crippen LogP contribution in [0.15, 0.2) is 30.3 Å². The van der Waals surface area contributed by atoms with Gasteiger partial charge < -0.3 is 7.43 Å². The fraction of sp³-hybridized carbons (Fsp3) is 0.300. The minimum absolute atomic E-state index is 0. The van der Waals surface area contributed by atoms with E-state index in [1.54, 1.807) is 0 Å². The van der Waals surface area contributed by atoms with Crippen molar-refractivity contribution in [1.82, 2.24) is 0 Å². The van der Waals surface area contributed by atoms with Gasteiger partial charge in [0.25, 0.3) is 0 Å². The molecule has 1 aromatic rings. The number of hydrogen-bond acceptors (Lipinski definition) is 0. The Balaban J connectivity index is -0.000000116. The number of hydrogen-bond donors (Lipinski definition) is 0. The fourth-order valence-electron chi connectivity index (χ4n) is 0.342. The first-order valence-electron chi connectivity index (χ1n) is 3.32. The molecule has 11 heavy (non-hydrogen) atoms. The van der Waals surface area contributed by atoms with Gasteiger partial charge in [0.2, 0.25) is 0 Å². The molecule has 0 spiro atoms. The van der Waals surface area contributed by atoms with Gasteiger partial charge in [0.05, 0.1) is 0 Å². The van der Waals surface area contributed by atoms with Crippen molar-refractivity contribution in [3.63, 3.8) is 0 Å². The van der Waals surface area contributed by atoms with E-state index < -0.39 is 0 Å². The van der Waals surface area contributed by atoms with Gasteiger partial charge in [-0.3, -0.25) is 0 Å². The summed E-state index contributed by atoms with van der Waals surface area (Å²) in [5.74, 6) is 0. The van der Waals surface area contributed by atoms with E-state index >= 15 is 0 Å². The summed E-state index contributed by atoms with van der Waals surface area (Å²) in [6, 6.07) is 12.5. The molecule has 0 saturated carbocycles. The van der Waals surface area contributed by atoms with Crippen LogP contribution >= 0.6 is 0 Å². The molecular formula is C10H16Y-2. The molecule has 0 bridgehead atoms. The molecule has 1 aromatic carbocycles. The van der Waals surface area contributed by atoms with Crippen LogP contribution in [0.25, 0.3) is 0 Å². The van der Waals surface area contributed by atoms with Crippen molar-refractivity contribution in [3.05, 3.63) is 43.8 Å². The SMILES string of the molecule is CCC.[CH3-].[Y].[c-]1ccccc1. The van der Waals surface area contributed by atoms with E-state index in [-0.39, 0.29) is 40.1 Å². The molecule has 1 radical (unpaired) electrons. The Labute approximate surface area is 96.3 Å². The van der Waals surface area contributed by atoms with E-state index in [0.29, 0.717) is 0 Å². The van der Waals surface area contributed by atoms with Crippen LogP contribution in [-0.2, 0) is 32.7 Å². The molecule has 1 heteroatoms. The Bertz CT molecular complexity index is 87.7. The van der Waals surface area contributed by atoms with Crippen LogP contribution in [-0.4, -0.2) is 0 Å². The summed E-state index contributed by atoms with van der Waals surface area (Å²) in [5.41, 5.74) is 0. The van der Waals surface area contributed by atoms with E-state index in [9.17, 15) is 0 Å². The van der Waals surface area contributed by atoms with Crippen molar-refractivity contribution in [1.29, 1.82) is 0 Å². The standard InChI is InChI=1S/C6H5.C3H8.CH3.Y/c1-2-4-6-5-3-1;1-3-2;;/h1-5H;3H2,1-2H3;1H3;/q-1;;-1;. The van der Waals surface area contributed by atoms with Crippen LogP contribution in [0.2, 0.25) is 0 Å². The molecule has 0 saturated heterocycles. The van der Waals surface area contributed by atoms with Gasteiger partial charge in [-0.1, -0.05) is 20.3 Å². The van der Waals surface area contributed by atoms with Crippen LogP contribution in [0, 0.1) is 13.5 Å². The summed E-state index contributed by atoms with van der Waals surface area (Å²) in [5, 5.41) is 0. The Morgan fingerprint density at radius 2 is 1.36 bits per heavy atom. The smallest absolute Gasteiger partial charge is 0 e. The van der Waals surface area contributed by atoms with Gasteiger partial charge in [-0.05, 0) is 0 Å². The predicted octanol–water partition coefficient (Wildman–Crippen LogP) is 3.35. The molecule has 0 unspecified atom stereocenters. The van der Waals surface area contributed by atoms with E-state index in [0.717, 1.165) is 0 Å². The maximum atomic E-state index is 2.89. The quantitative estimate of drug-likeness (QED) is 0.594. The average Bonchev–Trinajstić information content (AvgIpc) is 1.93. The van der Waals surface area contributed by atoms with Crippen molar-refractivity contribution < 1.29 is 32.7 Å². The summed E-state index contributed by atoms with van der Waals surface area (Å²) in [6.45, 7) is 4.25. The van der Waals surface area contributed by atoms with Crippen molar-refractivity contribution in [2.45, 2.75) is 20.3 Å². The van der Waals surface area contributed by atoms with Gasteiger partial charge in [-0.25, -0.2) is 0 Å². The molecule has 0 heterocycles. The van der Waals surface area contributed by atoms with E-state index in [1.165, 1.54) is 6.42 Å². The molecule has 0 aliphatic heterocycles. The molecule has 0 amide bonds. The maximum absolute atomic E-state index is 2.89. The van der Waals surface area contributed by atoms with Crippen LogP contribution in [0.5, 0.6) is 0 Å². The van der Waals surface area contributed by atoms with Crippen LogP contribution in [0.4, 0.5) is 0 Å². The summed E-state index contributed by atoms with van der Waals surface area (Å²) >= 11 is 0. The second-order valence-corrected chi connectivity index (χ2v) is 1.78. The third-order valence-corrected chi connectivity index (χ3v) is 0.607. The zero-order valence-electron chi connectivity index (χ0n) is 7.67. The second-order valence-electron chi connectivity index (χ2n) is 1.78. The summed E-state index contributed by atoms with van der Waals surface area (Å²) in [7, 11) is 0. The molecule has 0 fully saturated rings. The largest absolute Gasteiger partial charge is 0.358 e. The molecular weight excluding hydrogens is 209 g/mol. The topological polar surface area (TPSA) is 0 Å². The van der Waals surface area contributed by atoms with Gasteiger partial charge in [-0.15, -0.1) is 0 Å². The summed E-state index contributed by atoms with van der Waals surface area (Å²) < 4.78 is 0. The zero-order valence-corrected chi connectivity index (χ0v) is 10.5. The maximum Gasteiger partial charge on any atom is 0 e. The Morgan fingerprint density at radius 1 is 1.00 bits per heavy atom. The Kier molecular flexibility index (Phi) is 26.5. The van der Waals surface area contributed by atoms with Gasteiger partial charge in [0.1, 0.15) is 0 Å². The molecule has 0 nitrogen and oxygen atoms in total. The molecule has 0 aromatic heterocycles. The summed E-state index contributed by atoms with van der Waals surface area (Å²) in [4.78, 5) is 0. The molecule has 1 rings (SSSR count). The normalized spacial score (nSPS) is 6.00. The average molecular weight is 225 g/mol. The van der Waals surface area contributed by atoms with Gasteiger partial charge in [0.15, 0.2) is 0 Å². The first-order chi connectivity index (χ1) is 4.41. The number of rotatable bonds is 0. The molecule has 0 aliphatic rings. The minimum Gasteiger partial charge on any atom is -0.358 e. The van der Waals surface area contributed by atoms with Crippen molar-refractivity contribution in [3.8, 4) is 0 Å². The molecule has 0 aliphatic carbocycles. The van der Waals surface area contributed by atoms with Crippen LogP contribution in [0.3, 0.4) is 0 Å². The predicted molar refractivity (Wildman–Crippen MR) is 47.7 cm³/mol. The number of benzene rings is 1. The van der Waals surface area contributed by atoms with Crippen molar-refractivity contribution >= 4 is 0 Å². The van der Waals surface area contributed by atoms with E-state index in [1.807, 2.05) is 30.3 Å². The molecule has 61 valence electrons. The Hall–Kier alpha value is 0.324. The van der Waals surface area contributed by atoms with Crippen molar-refractivity contribution in [2.75, 3.05) is 0 Å². The van der Waals surface area contributed by atoms with Gasteiger partial charge >= 0.3 is 0 Å². The van der Waals surface area contributed by atoms with Crippen molar-refractivity contribution in [2.24, 2.45) is 0 Å². The molecule has 0 atom stereocenters. The third-order valence-electron chi connectivity index (χ3n) is 0.607.